The Morgan fingerprint density at radius 2 is 1.79 bits per heavy atom. The van der Waals surface area contributed by atoms with Gasteiger partial charge < -0.3 is 31.3 Å². The first-order valence-electron chi connectivity index (χ1n) is 12.8. The van der Waals surface area contributed by atoms with Crippen molar-refractivity contribution < 1.29 is 39.9 Å². The fourth-order valence-corrected chi connectivity index (χ4v) is 6.56. The van der Waals surface area contributed by atoms with E-state index in [1.807, 2.05) is 0 Å². The number of rotatable bonds is 6. The molecule has 0 radical (unpaired) electrons. The lowest BCUT2D eigenvalue weighted by molar-refractivity contribution is -0.203. The molecular weight excluding hydrogens is 492 g/mol. The molecule has 0 heterocycles. The van der Waals surface area contributed by atoms with Gasteiger partial charge in [-0.25, -0.2) is 0 Å². The summed E-state index contributed by atoms with van der Waals surface area (Å²) in [6.07, 6.45) is 1.88. The fraction of sp³-hybridized carbons (Fsp3) is 0.536. The highest BCUT2D eigenvalue weighted by Crippen LogP contribution is 2.57. The van der Waals surface area contributed by atoms with E-state index in [9.17, 15) is 39.9 Å². The second-order valence-electron chi connectivity index (χ2n) is 11.5. The smallest absolute Gasteiger partial charge is 0.255 e. The number of hydrogen-bond acceptors (Lipinski definition) is 9. The summed E-state index contributed by atoms with van der Waals surface area (Å²) >= 11 is 0. The Balaban J connectivity index is 1.94. The highest BCUT2D eigenvalue weighted by molar-refractivity contribution is 6.25. The molecular formula is C28H36N2O8. The SMILES string of the molecule is CC(C)CCCc1ccc2c(c1O)C(O)=C1C(=O)[C@]3(O)C(O)=C(C(N)=O)C(=O)[C@@H](N(C)C)[C@]3(O)CC1[C@H]2C. The molecule has 5 atom stereocenters. The van der Waals surface area contributed by atoms with Crippen LogP contribution in [0.25, 0.3) is 5.76 Å². The van der Waals surface area contributed by atoms with Crippen molar-refractivity contribution in [2.24, 2.45) is 17.6 Å². The monoisotopic (exact) mass is 528 g/mol. The number of aryl methyl sites for hydroxylation is 1. The summed E-state index contributed by atoms with van der Waals surface area (Å²) in [7, 11) is 2.85. The molecule has 10 nitrogen and oxygen atoms in total. The molecule has 206 valence electrons. The number of aliphatic hydroxyl groups is 4. The van der Waals surface area contributed by atoms with Crippen molar-refractivity contribution in [3.05, 3.63) is 45.7 Å². The van der Waals surface area contributed by atoms with E-state index in [0.717, 1.165) is 12.8 Å². The summed E-state index contributed by atoms with van der Waals surface area (Å²) in [5.74, 6) is -6.66. The van der Waals surface area contributed by atoms with Crippen LogP contribution >= 0.6 is 0 Å². The van der Waals surface area contributed by atoms with Gasteiger partial charge in [0.1, 0.15) is 28.7 Å². The molecule has 10 heteroatoms. The van der Waals surface area contributed by atoms with Crippen LogP contribution in [-0.2, 0) is 20.8 Å². The maximum Gasteiger partial charge on any atom is 0.255 e. The molecule has 0 aromatic heterocycles. The summed E-state index contributed by atoms with van der Waals surface area (Å²) in [6.45, 7) is 5.95. The molecule has 3 aliphatic rings. The van der Waals surface area contributed by atoms with Gasteiger partial charge >= 0.3 is 0 Å². The predicted octanol–water partition coefficient (Wildman–Crippen LogP) is 1.62. The maximum absolute atomic E-state index is 14.0. The molecule has 1 saturated carbocycles. The molecule has 0 bridgehead atoms. The molecule has 1 unspecified atom stereocenters. The van der Waals surface area contributed by atoms with Crippen LogP contribution in [-0.4, -0.2) is 79.2 Å². The first-order valence-corrected chi connectivity index (χ1v) is 12.8. The first-order chi connectivity index (χ1) is 17.6. The Bertz CT molecular complexity index is 1300. The van der Waals surface area contributed by atoms with Gasteiger partial charge in [-0.15, -0.1) is 0 Å². The van der Waals surface area contributed by atoms with E-state index in [0.29, 0.717) is 23.5 Å². The van der Waals surface area contributed by atoms with E-state index in [1.54, 1.807) is 19.1 Å². The van der Waals surface area contributed by atoms with Gasteiger partial charge in [-0.3, -0.25) is 19.3 Å². The Morgan fingerprint density at radius 3 is 2.34 bits per heavy atom. The van der Waals surface area contributed by atoms with Crippen molar-refractivity contribution in [2.45, 2.75) is 69.6 Å². The number of aromatic hydroxyl groups is 1. The molecule has 1 fully saturated rings. The molecule has 7 N–H and O–H groups in total. The summed E-state index contributed by atoms with van der Waals surface area (Å²) in [5.41, 5.74) is -0.446. The van der Waals surface area contributed by atoms with Crippen molar-refractivity contribution in [1.29, 1.82) is 0 Å². The Labute approximate surface area is 221 Å². The summed E-state index contributed by atoms with van der Waals surface area (Å²) < 4.78 is 0. The number of primary amides is 1. The minimum atomic E-state index is -3.14. The van der Waals surface area contributed by atoms with Crippen LogP contribution in [0.1, 0.15) is 62.6 Å². The fourth-order valence-electron chi connectivity index (χ4n) is 6.56. The molecule has 38 heavy (non-hydrogen) atoms. The van der Waals surface area contributed by atoms with Crippen LogP contribution in [0.3, 0.4) is 0 Å². The Hall–Kier alpha value is -3.21. The average molecular weight is 529 g/mol. The number of Topliss-reactive ketones (excluding diaryl/α,β-unsaturated/α-hetero) is 2. The van der Waals surface area contributed by atoms with Gasteiger partial charge in [0.05, 0.1) is 5.56 Å². The minimum Gasteiger partial charge on any atom is -0.508 e. The molecule has 3 aliphatic carbocycles. The van der Waals surface area contributed by atoms with Crippen LogP contribution < -0.4 is 5.73 Å². The molecule has 1 aromatic rings. The number of phenols is 1. The number of benzene rings is 1. The second-order valence-corrected chi connectivity index (χ2v) is 11.5. The van der Waals surface area contributed by atoms with Crippen molar-refractivity contribution in [3.63, 3.8) is 0 Å². The van der Waals surface area contributed by atoms with Gasteiger partial charge in [0, 0.05) is 11.5 Å². The third kappa shape index (κ3) is 3.61. The highest BCUT2D eigenvalue weighted by Gasteiger charge is 2.72. The van der Waals surface area contributed by atoms with E-state index in [2.05, 4.69) is 13.8 Å². The van der Waals surface area contributed by atoms with Crippen molar-refractivity contribution in [3.8, 4) is 5.75 Å². The predicted molar refractivity (Wildman–Crippen MR) is 138 cm³/mol. The van der Waals surface area contributed by atoms with Crippen LogP contribution in [0.4, 0.5) is 0 Å². The maximum atomic E-state index is 14.0. The number of fused-ring (bicyclic) bond motifs is 3. The molecule has 0 aliphatic heterocycles. The molecule has 1 amide bonds. The first kappa shape index (κ1) is 27.8. The quantitative estimate of drug-likeness (QED) is 0.299. The standard InChI is InChI=1S/C28H36N2O8/c1-12(2)7-6-8-14-9-10-15-13(3)16-11-27(37)23(30(4)5)22(33)19(26(29)36)25(35)28(27,38)24(34)18(16)21(32)17(15)20(14)31/h9-10,12-13,16,23,31-32,35,37-38H,6-8,11H2,1-5H3,(H2,29,36)/t13-,16?,23+,27+,28-/m0/s1. The van der Waals surface area contributed by atoms with E-state index in [-0.39, 0.29) is 16.9 Å². The van der Waals surface area contributed by atoms with E-state index in [1.165, 1.54) is 19.0 Å². The van der Waals surface area contributed by atoms with Gasteiger partial charge in [0.25, 0.3) is 5.91 Å². The Kier molecular flexibility index (Phi) is 6.75. The number of nitrogens with two attached hydrogens (primary N) is 1. The normalized spacial score (nSPS) is 31.0. The molecule has 1 aromatic carbocycles. The number of aliphatic hydroxyl groups excluding tert-OH is 2. The number of likely N-dealkylation sites (N-methyl/N-ethyl adjacent to an activating group) is 1. The number of carbonyl (C=O) groups is 3. The summed E-state index contributed by atoms with van der Waals surface area (Å²) in [4.78, 5) is 40.6. The number of carbonyl (C=O) groups excluding carboxylic acids is 3. The number of ketones is 2. The van der Waals surface area contributed by atoms with E-state index >= 15 is 0 Å². The largest absolute Gasteiger partial charge is 0.508 e. The van der Waals surface area contributed by atoms with Crippen molar-refractivity contribution in [2.75, 3.05) is 14.1 Å². The van der Waals surface area contributed by atoms with E-state index in [4.69, 9.17) is 5.73 Å². The zero-order valence-corrected chi connectivity index (χ0v) is 22.3. The number of nitrogens with zero attached hydrogens (tertiary/aromatic N) is 1. The van der Waals surface area contributed by atoms with Gasteiger partial charge in [0.2, 0.25) is 11.4 Å². The van der Waals surface area contributed by atoms with Crippen molar-refractivity contribution >= 4 is 23.2 Å². The third-order valence-electron chi connectivity index (χ3n) is 8.50. The molecule has 0 spiro atoms. The highest BCUT2D eigenvalue weighted by atomic mass is 16.4. The molecule has 4 rings (SSSR count). The van der Waals surface area contributed by atoms with Crippen LogP contribution in [0, 0.1) is 11.8 Å². The van der Waals surface area contributed by atoms with Gasteiger partial charge in [0.15, 0.2) is 11.5 Å². The van der Waals surface area contributed by atoms with Crippen LogP contribution in [0.15, 0.2) is 29.0 Å². The Morgan fingerprint density at radius 1 is 1.16 bits per heavy atom. The van der Waals surface area contributed by atoms with Crippen LogP contribution in [0.2, 0.25) is 0 Å². The second kappa shape index (κ2) is 9.21. The third-order valence-corrected chi connectivity index (χ3v) is 8.50. The summed E-state index contributed by atoms with van der Waals surface area (Å²) in [5, 5.41) is 57.1. The number of hydrogen-bond donors (Lipinski definition) is 6. The van der Waals surface area contributed by atoms with Crippen LogP contribution in [0.5, 0.6) is 5.75 Å². The lowest BCUT2D eigenvalue weighted by Crippen LogP contribution is -2.77. The number of phenolic OH excluding ortho intramolecular Hbond substituents is 1. The summed E-state index contributed by atoms with van der Waals surface area (Å²) in [6, 6.07) is 1.95. The van der Waals surface area contributed by atoms with Gasteiger partial charge in [-0.05, 0) is 56.3 Å². The van der Waals surface area contributed by atoms with E-state index < -0.39 is 70.1 Å². The van der Waals surface area contributed by atoms with Gasteiger partial charge in [-0.2, -0.15) is 0 Å². The number of amides is 1. The average Bonchev–Trinajstić information content (AvgIpc) is 2.80. The minimum absolute atomic E-state index is 0.0582. The topological polar surface area (TPSA) is 182 Å². The molecule has 0 saturated heterocycles. The zero-order valence-electron chi connectivity index (χ0n) is 22.3. The lowest BCUT2D eigenvalue weighted by atomic mass is 9.53. The van der Waals surface area contributed by atoms with Crippen molar-refractivity contribution in [1.82, 2.24) is 4.90 Å². The zero-order chi connectivity index (χ0) is 28.5. The lowest BCUT2D eigenvalue weighted by Gasteiger charge is -2.56. The van der Waals surface area contributed by atoms with Gasteiger partial charge in [-0.1, -0.05) is 39.3 Å².